The highest BCUT2D eigenvalue weighted by Gasteiger charge is 2.20. The van der Waals surface area contributed by atoms with Crippen LogP contribution in [0.4, 0.5) is 5.69 Å². The number of sulfonamides is 1. The van der Waals surface area contributed by atoms with E-state index < -0.39 is 15.9 Å². The van der Waals surface area contributed by atoms with Crippen LogP contribution < -0.4 is 9.73 Å². The molecule has 25 heavy (non-hydrogen) atoms. The van der Waals surface area contributed by atoms with Gasteiger partial charge in [0.15, 0.2) is 0 Å². The van der Waals surface area contributed by atoms with E-state index in [-0.39, 0.29) is 6.54 Å². The van der Waals surface area contributed by atoms with Gasteiger partial charge in [0, 0.05) is 9.50 Å². The summed E-state index contributed by atoms with van der Waals surface area (Å²) in [7, 11) is -3.63. The number of halogens is 2. The van der Waals surface area contributed by atoms with E-state index in [0.29, 0.717) is 15.2 Å². The molecule has 9 heteroatoms. The summed E-state index contributed by atoms with van der Waals surface area (Å²) in [4.78, 5) is 12.0. The first kappa shape index (κ1) is 19.4. The van der Waals surface area contributed by atoms with Crippen LogP contribution in [0.5, 0.6) is 0 Å². The summed E-state index contributed by atoms with van der Waals surface area (Å²) in [5, 5.41) is 4.42. The number of rotatable bonds is 6. The molecule has 0 aliphatic carbocycles. The van der Waals surface area contributed by atoms with Gasteiger partial charge < -0.3 is 0 Å². The third kappa shape index (κ3) is 6.15. The lowest BCUT2D eigenvalue weighted by atomic mass is 10.2. The van der Waals surface area contributed by atoms with Gasteiger partial charge in [0.1, 0.15) is 6.54 Å². The molecule has 0 bridgehead atoms. The lowest BCUT2D eigenvalue weighted by Gasteiger charge is -2.21. The van der Waals surface area contributed by atoms with Gasteiger partial charge in [-0.05, 0) is 35.9 Å². The van der Waals surface area contributed by atoms with E-state index in [1.807, 2.05) is 0 Å². The molecular weight excluding hydrogens is 430 g/mol. The maximum atomic E-state index is 12.0. The molecular formula is C16H15BrClN3O3S. The minimum Gasteiger partial charge on any atom is -0.271 e. The number of benzene rings is 2. The second-order valence-corrected chi connectivity index (χ2v) is 8.35. The summed E-state index contributed by atoms with van der Waals surface area (Å²) in [5.74, 6) is -0.560. The molecule has 1 amide bonds. The maximum Gasteiger partial charge on any atom is 0.260 e. The molecule has 6 nitrogen and oxygen atoms in total. The number of nitrogens with zero attached hydrogens (tertiary/aromatic N) is 2. The monoisotopic (exact) mass is 443 g/mol. The van der Waals surface area contributed by atoms with Crippen LogP contribution in [-0.4, -0.2) is 33.3 Å². The average molecular weight is 445 g/mol. The fraction of sp³-hybridized carbons (Fsp3) is 0.125. The van der Waals surface area contributed by atoms with Crippen molar-refractivity contribution in [3.63, 3.8) is 0 Å². The SMILES string of the molecule is CS(=O)(=O)N(CC(=O)N/N=C/c1ccc(Cl)cc1)c1cccc(Br)c1. The fourth-order valence-electron chi connectivity index (χ4n) is 1.92. The van der Waals surface area contributed by atoms with E-state index in [1.165, 1.54) is 6.21 Å². The van der Waals surface area contributed by atoms with E-state index in [0.717, 1.165) is 16.1 Å². The van der Waals surface area contributed by atoms with Gasteiger partial charge in [-0.3, -0.25) is 9.10 Å². The zero-order chi connectivity index (χ0) is 18.4. The largest absolute Gasteiger partial charge is 0.271 e. The average Bonchev–Trinajstić information content (AvgIpc) is 2.53. The minimum absolute atomic E-state index is 0.382. The zero-order valence-corrected chi connectivity index (χ0v) is 16.3. The Morgan fingerprint density at radius 3 is 2.56 bits per heavy atom. The van der Waals surface area contributed by atoms with E-state index in [9.17, 15) is 13.2 Å². The van der Waals surface area contributed by atoms with Crippen LogP contribution in [-0.2, 0) is 14.8 Å². The van der Waals surface area contributed by atoms with Crippen LogP contribution in [0, 0.1) is 0 Å². The highest BCUT2D eigenvalue weighted by atomic mass is 79.9. The number of carbonyl (C=O) groups is 1. The van der Waals surface area contributed by atoms with Gasteiger partial charge in [-0.1, -0.05) is 45.7 Å². The Labute approximate surface area is 159 Å². The number of anilines is 1. The second kappa shape index (κ2) is 8.46. The fourth-order valence-corrected chi connectivity index (χ4v) is 3.29. The van der Waals surface area contributed by atoms with Gasteiger partial charge in [0.2, 0.25) is 10.0 Å². The summed E-state index contributed by atoms with van der Waals surface area (Å²) >= 11 is 9.07. The van der Waals surface area contributed by atoms with Gasteiger partial charge in [0.05, 0.1) is 18.2 Å². The maximum absolute atomic E-state index is 12.0. The van der Waals surface area contributed by atoms with Crippen molar-refractivity contribution in [1.29, 1.82) is 0 Å². The molecule has 132 valence electrons. The molecule has 2 aromatic carbocycles. The Kier molecular flexibility index (Phi) is 6.57. The lowest BCUT2D eigenvalue weighted by molar-refractivity contribution is -0.119. The smallest absolute Gasteiger partial charge is 0.260 e. The highest BCUT2D eigenvalue weighted by Crippen LogP contribution is 2.21. The van der Waals surface area contributed by atoms with Crippen LogP contribution >= 0.6 is 27.5 Å². The summed E-state index contributed by atoms with van der Waals surface area (Å²) in [6, 6.07) is 13.5. The van der Waals surface area contributed by atoms with Crippen LogP contribution in [0.2, 0.25) is 5.02 Å². The van der Waals surface area contributed by atoms with Crippen LogP contribution in [0.25, 0.3) is 0 Å². The van der Waals surface area contributed by atoms with Gasteiger partial charge in [0.25, 0.3) is 5.91 Å². The predicted molar refractivity (Wildman–Crippen MR) is 104 cm³/mol. The number of carbonyl (C=O) groups excluding carboxylic acids is 1. The summed E-state index contributed by atoms with van der Waals surface area (Å²) in [6.07, 6.45) is 2.48. The third-order valence-electron chi connectivity index (χ3n) is 3.06. The van der Waals surface area contributed by atoms with Crippen LogP contribution in [0.3, 0.4) is 0 Å². The molecule has 0 fully saturated rings. The molecule has 2 rings (SSSR count). The molecule has 0 atom stereocenters. The molecule has 0 spiro atoms. The Hall–Kier alpha value is -1.90. The highest BCUT2D eigenvalue weighted by molar-refractivity contribution is 9.10. The molecule has 0 unspecified atom stereocenters. The summed E-state index contributed by atoms with van der Waals surface area (Å²) in [5.41, 5.74) is 3.44. The van der Waals surface area contributed by atoms with Crippen molar-refractivity contribution in [1.82, 2.24) is 5.43 Å². The Balaban J connectivity index is 2.06. The van der Waals surface area contributed by atoms with Crippen molar-refractivity contribution in [2.24, 2.45) is 5.10 Å². The molecule has 0 aromatic heterocycles. The Morgan fingerprint density at radius 2 is 1.96 bits per heavy atom. The van der Waals surface area contributed by atoms with E-state index >= 15 is 0 Å². The molecule has 0 aliphatic heterocycles. The van der Waals surface area contributed by atoms with Crippen molar-refractivity contribution >= 4 is 55.4 Å². The first-order chi connectivity index (χ1) is 11.8. The predicted octanol–water partition coefficient (Wildman–Crippen LogP) is 3.02. The molecule has 1 N–H and O–H groups in total. The van der Waals surface area contributed by atoms with Crippen molar-refractivity contribution < 1.29 is 13.2 Å². The molecule has 0 saturated heterocycles. The van der Waals surface area contributed by atoms with Crippen molar-refractivity contribution in [2.45, 2.75) is 0 Å². The standard InChI is InChI=1S/C16H15BrClN3O3S/c1-25(23,24)21(15-4-2-3-13(17)9-15)11-16(22)20-19-10-12-5-7-14(18)8-6-12/h2-10H,11H2,1H3,(H,20,22)/b19-10+. The number of nitrogens with one attached hydrogen (secondary N) is 1. The normalized spacial score (nSPS) is 11.5. The van der Waals surface area contributed by atoms with Crippen LogP contribution in [0.1, 0.15) is 5.56 Å². The van der Waals surface area contributed by atoms with E-state index in [4.69, 9.17) is 11.6 Å². The van der Waals surface area contributed by atoms with Crippen molar-refractivity contribution in [3.05, 3.63) is 63.6 Å². The second-order valence-electron chi connectivity index (χ2n) is 5.09. The molecule has 0 radical (unpaired) electrons. The van der Waals surface area contributed by atoms with Gasteiger partial charge in [-0.25, -0.2) is 13.8 Å². The zero-order valence-electron chi connectivity index (χ0n) is 13.2. The number of hydrazone groups is 1. The number of hydrogen-bond donors (Lipinski definition) is 1. The minimum atomic E-state index is -3.63. The van der Waals surface area contributed by atoms with E-state index in [1.54, 1.807) is 48.5 Å². The third-order valence-corrected chi connectivity index (χ3v) is 4.94. The molecule has 0 saturated carbocycles. The van der Waals surface area contributed by atoms with Gasteiger partial charge in [-0.2, -0.15) is 5.10 Å². The van der Waals surface area contributed by atoms with Crippen molar-refractivity contribution in [3.8, 4) is 0 Å². The first-order valence-corrected chi connectivity index (χ1v) is 10.1. The molecule has 0 heterocycles. The van der Waals surface area contributed by atoms with Crippen molar-refractivity contribution in [2.75, 3.05) is 17.1 Å². The summed E-state index contributed by atoms with van der Waals surface area (Å²) in [6.45, 7) is -0.382. The molecule has 0 aliphatic rings. The Morgan fingerprint density at radius 1 is 1.28 bits per heavy atom. The molecule has 2 aromatic rings. The summed E-state index contributed by atoms with van der Waals surface area (Å²) < 4.78 is 25.7. The Bertz CT molecular complexity index is 886. The van der Waals surface area contributed by atoms with E-state index in [2.05, 4.69) is 26.5 Å². The number of amides is 1. The first-order valence-electron chi connectivity index (χ1n) is 7.06. The van der Waals surface area contributed by atoms with Gasteiger partial charge >= 0.3 is 0 Å². The van der Waals surface area contributed by atoms with Gasteiger partial charge in [-0.15, -0.1) is 0 Å². The number of hydrogen-bond acceptors (Lipinski definition) is 4. The quantitative estimate of drug-likeness (QED) is 0.549. The lowest BCUT2D eigenvalue weighted by Crippen LogP contribution is -2.39. The van der Waals surface area contributed by atoms with Crippen LogP contribution in [0.15, 0.2) is 58.1 Å². The topological polar surface area (TPSA) is 78.8 Å².